The molecule has 0 aliphatic heterocycles. The summed E-state index contributed by atoms with van der Waals surface area (Å²) in [5.41, 5.74) is 3.18. The summed E-state index contributed by atoms with van der Waals surface area (Å²) in [6.07, 6.45) is 0. The standard InChI is InChI=1S/C21H22N2O2/c1-4-23(5-2)21(24)18-19(16-12-7-6-8-13-16)25-20(22-18)17-14-10-9-11-15(17)3/h6-14H,4-5H2,1-3H3. The van der Waals surface area contributed by atoms with Crippen LogP contribution in [-0.2, 0) is 0 Å². The largest absolute Gasteiger partial charge is 0.435 e. The molecule has 25 heavy (non-hydrogen) atoms. The van der Waals surface area contributed by atoms with Crippen LogP contribution in [0.4, 0.5) is 0 Å². The summed E-state index contributed by atoms with van der Waals surface area (Å²) in [7, 11) is 0. The zero-order chi connectivity index (χ0) is 17.8. The van der Waals surface area contributed by atoms with Crippen molar-refractivity contribution in [2.75, 3.05) is 13.1 Å². The summed E-state index contributed by atoms with van der Waals surface area (Å²) in [5.74, 6) is 0.899. The summed E-state index contributed by atoms with van der Waals surface area (Å²) in [6.45, 7) is 7.21. The van der Waals surface area contributed by atoms with Crippen molar-refractivity contribution in [2.45, 2.75) is 20.8 Å². The lowest BCUT2D eigenvalue weighted by Gasteiger charge is -2.17. The molecular formula is C21H22N2O2. The van der Waals surface area contributed by atoms with Crippen LogP contribution in [0, 0.1) is 6.92 Å². The molecule has 3 aromatic rings. The molecule has 2 aromatic carbocycles. The first kappa shape index (κ1) is 17.0. The minimum atomic E-state index is -0.104. The van der Waals surface area contributed by atoms with Gasteiger partial charge in [0, 0.05) is 24.2 Å². The third-order valence-corrected chi connectivity index (χ3v) is 4.29. The molecule has 0 aliphatic rings. The first-order valence-electron chi connectivity index (χ1n) is 8.57. The van der Waals surface area contributed by atoms with Crippen LogP contribution in [-0.4, -0.2) is 28.9 Å². The van der Waals surface area contributed by atoms with Gasteiger partial charge in [-0.05, 0) is 32.4 Å². The van der Waals surface area contributed by atoms with Gasteiger partial charge in [0.05, 0.1) is 0 Å². The van der Waals surface area contributed by atoms with Gasteiger partial charge in [-0.1, -0.05) is 48.5 Å². The first-order chi connectivity index (χ1) is 12.2. The SMILES string of the molecule is CCN(CC)C(=O)c1nc(-c2ccccc2C)oc1-c1ccccc1. The van der Waals surface area contributed by atoms with Gasteiger partial charge in [0.2, 0.25) is 5.89 Å². The Kier molecular flexibility index (Phi) is 4.98. The number of hydrogen-bond acceptors (Lipinski definition) is 3. The molecule has 4 heteroatoms. The van der Waals surface area contributed by atoms with Crippen LogP contribution in [0.25, 0.3) is 22.8 Å². The maximum atomic E-state index is 12.9. The highest BCUT2D eigenvalue weighted by Crippen LogP contribution is 2.31. The van der Waals surface area contributed by atoms with E-state index in [-0.39, 0.29) is 5.91 Å². The van der Waals surface area contributed by atoms with Crippen LogP contribution in [0.2, 0.25) is 0 Å². The third kappa shape index (κ3) is 3.33. The summed E-state index contributed by atoms with van der Waals surface area (Å²) in [5, 5.41) is 0. The summed E-state index contributed by atoms with van der Waals surface area (Å²) >= 11 is 0. The van der Waals surface area contributed by atoms with Crippen molar-refractivity contribution >= 4 is 5.91 Å². The highest BCUT2D eigenvalue weighted by Gasteiger charge is 2.25. The van der Waals surface area contributed by atoms with Crippen molar-refractivity contribution in [3.8, 4) is 22.8 Å². The highest BCUT2D eigenvalue weighted by atomic mass is 16.4. The van der Waals surface area contributed by atoms with E-state index in [0.29, 0.717) is 30.4 Å². The van der Waals surface area contributed by atoms with E-state index < -0.39 is 0 Å². The quantitative estimate of drug-likeness (QED) is 0.673. The number of amides is 1. The van der Waals surface area contributed by atoms with E-state index in [0.717, 1.165) is 16.7 Å². The zero-order valence-electron chi connectivity index (χ0n) is 14.8. The highest BCUT2D eigenvalue weighted by molar-refractivity contribution is 5.98. The minimum absolute atomic E-state index is 0.104. The maximum absolute atomic E-state index is 12.9. The molecule has 0 spiro atoms. The number of hydrogen-bond donors (Lipinski definition) is 0. The van der Waals surface area contributed by atoms with E-state index in [1.54, 1.807) is 4.90 Å². The predicted molar refractivity (Wildman–Crippen MR) is 99.4 cm³/mol. The van der Waals surface area contributed by atoms with Crippen molar-refractivity contribution in [1.29, 1.82) is 0 Å². The van der Waals surface area contributed by atoms with E-state index in [4.69, 9.17) is 4.42 Å². The smallest absolute Gasteiger partial charge is 0.276 e. The molecule has 0 saturated heterocycles. The number of aromatic nitrogens is 1. The Labute approximate surface area is 148 Å². The van der Waals surface area contributed by atoms with Crippen LogP contribution in [0.15, 0.2) is 59.0 Å². The summed E-state index contributed by atoms with van der Waals surface area (Å²) in [4.78, 5) is 19.3. The topological polar surface area (TPSA) is 46.3 Å². The van der Waals surface area contributed by atoms with Gasteiger partial charge in [-0.15, -0.1) is 0 Å². The maximum Gasteiger partial charge on any atom is 0.276 e. The number of carbonyl (C=O) groups excluding carboxylic acids is 1. The number of benzene rings is 2. The van der Waals surface area contributed by atoms with Crippen molar-refractivity contribution in [3.05, 3.63) is 65.9 Å². The van der Waals surface area contributed by atoms with E-state index in [1.165, 1.54) is 0 Å². The summed E-state index contributed by atoms with van der Waals surface area (Å²) in [6, 6.07) is 17.5. The lowest BCUT2D eigenvalue weighted by atomic mass is 10.1. The molecule has 1 amide bonds. The van der Waals surface area contributed by atoms with Crippen LogP contribution in [0.5, 0.6) is 0 Å². The zero-order valence-corrected chi connectivity index (χ0v) is 14.8. The Morgan fingerprint density at radius 1 is 1.00 bits per heavy atom. The molecular weight excluding hydrogens is 312 g/mol. The molecule has 0 saturated carbocycles. The lowest BCUT2D eigenvalue weighted by Crippen LogP contribution is -2.31. The Balaban J connectivity index is 2.16. The lowest BCUT2D eigenvalue weighted by molar-refractivity contribution is 0.0768. The third-order valence-electron chi connectivity index (χ3n) is 4.29. The molecule has 0 fully saturated rings. The fraction of sp³-hybridized carbons (Fsp3) is 0.238. The van der Waals surface area contributed by atoms with Crippen LogP contribution >= 0.6 is 0 Å². The fourth-order valence-electron chi connectivity index (χ4n) is 2.84. The monoisotopic (exact) mass is 334 g/mol. The molecule has 1 aromatic heterocycles. The average Bonchev–Trinajstić information content (AvgIpc) is 3.09. The number of aryl methyl sites for hydroxylation is 1. The Hall–Kier alpha value is -2.88. The molecule has 0 radical (unpaired) electrons. The van der Waals surface area contributed by atoms with Crippen molar-refractivity contribution in [1.82, 2.24) is 9.88 Å². The van der Waals surface area contributed by atoms with Gasteiger partial charge in [-0.25, -0.2) is 4.98 Å². The van der Waals surface area contributed by atoms with Gasteiger partial charge in [0.1, 0.15) is 0 Å². The van der Waals surface area contributed by atoms with Crippen LogP contribution in [0.1, 0.15) is 29.9 Å². The predicted octanol–water partition coefficient (Wildman–Crippen LogP) is 4.80. The minimum Gasteiger partial charge on any atom is -0.435 e. The molecule has 128 valence electrons. The van der Waals surface area contributed by atoms with Crippen LogP contribution < -0.4 is 0 Å². The van der Waals surface area contributed by atoms with Gasteiger partial charge in [0.15, 0.2) is 11.5 Å². The molecule has 4 nitrogen and oxygen atoms in total. The second-order valence-electron chi connectivity index (χ2n) is 5.86. The molecule has 3 rings (SSSR count). The van der Waals surface area contributed by atoms with Gasteiger partial charge >= 0.3 is 0 Å². The van der Waals surface area contributed by atoms with Crippen LogP contribution in [0.3, 0.4) is 0 Å². The van der Waals surface area contributed by atoms with Gasteiger partial charge in [-0.2, -0.15) is 0 Å². The first-order valence-corrected chi connectivity index (χ1v) is 8.57. The molecule has 0 atom stereocenters. The number of nitrogens with zero attached hydrogens (tertiary/aromatic N) is 2. The van der Waals surface area contributed by atoms with Crippen molar-refractivity contribution in [3.63, 3.8) is 0 Å². The number of rotatable bonds is 5. The average molecular weight is 334 g/mol. The van der Waals surface area contributed by atoms with E-state index in [2.05, 4.69) is 4.98 Å². The normalized spacial score (nSPS) is 10.7. The molecule has 0 aliphatic carbocycles. The van der Waals surface area contributed by atoms with E-state index >= 15 is 0 Å². The molecule has 0 unspecified atom stereocenters. The van der Waals surface area contributed by atoms with E-state index in [1.807, 2.05) is 75.4 Å². The second kappa shape index (κ2) is 7.34. The van der Waals surface area contributed by atoms with Crippen molar-refractivity contribution in [2.24, 2.45) is 0 Å². The Bertz CT molecular complexity index is 865. The van der Waals surface area contributed by atoms with Gasteiger partial charge in [-0.3, -0.25) is 4.79 Å². The Morgan fingerprint density at radius 2 is 1.64 bits per heavy atom. The van der Waals surface area contributed by atoms with E-state index in [9.17, 15) is 4.79 Å². The summed E-state index contributed by atoms with van der Waals surface area (Å²) < 4.78 is 6.07. The Morgan fingerprint density at radius 3 is 2.28 bits per heavy atom. The second-order valence-corrected chi connectivity index (χ2v) is 5.86. The molecule has 0 N–H and O–H groups in total. The van der Waals surface area contributed by atoms with Gasteiger partial charge in [0.25, 0.3) is 5.91 Å². The number of carbonyl (C=O) groups is 1. The number of oxazole rings is 1. The molecule has 0 bridgehead atoms. The fourth-order valence-corrected chi connectivity index (χ4v) is 2.84. The van der Waals surface area contributed by atoms with Crippen molar-refractivity contribution < 1.29 is 9.21 Å². The molecule has 1 heterocycles. The van der Waals surface area contributed by atoms with Gasteiger partial charge < -0.3 is 9.32 Å².